The van der Waals surface area contributed by atoms with E-state index in [-0.39, 0.29) is 10.5 Å². The highest BCUT2D eigenvalue weighted by Crippen LogP contribution is 2.28. The first kappa shape index (κ1) is 15.9. The van der Waals surface area contributed by atoms with E-state index in [2.05, 4.69) is 10.3 Å². The molecule has 3 rings (SSSR count). The Balaban J connectivity index is 1.86. The third-order valence-electron chi connectivity index (χ3n) is 3.03. The first-order chi connectivity index (χ1) is 10.9. The van der Waals surface area contributed by atoms with Crippen LogP contribution in [-0.4, -0.2) is 25.6 Å². The molecule has 1 aromatic carbocycles. The fraction of sp³-hybridized carbons (Fsp3) is 0.0667. The number of carbonyl (C=O) groups is 1. The average molecular weight is 364 g/mol. The second-order valence-corrected chi connectivity index (χ2v) is 8.53. The number of thiazole rings is 1. The molecule has 0 fully saturated rings. The summed E-state index contributed by atoms with van der Waals surface area (Å²) >= 11 is 2.86. The van der Waals surface area contributed by atoms with Crippen LogP contribution >= 0.6 is 22.7 Å². The minimum absolute atomic E-state index is 0.00698. The molecule has 118 valence electrons. The van der Waals surface area contributed by atoms with E-state index in [1.54, 1.807) is 23.5 Å². The molecule has 1 N–H and O–H groups in total. The molecule has 0 bridgehead atoms. The van der Waals surface area contributed by atoms with E-state index < -0.39 is 15.7 Å². The molecule has 0 saturated carbocycles. The number of hydrogen-bond acceptors (Lipinski definition) is 6. The van der Waals surface area contributed by atoms with Gasteiger partial charge in [-0.15, -0.1) is 22.7 Å². The first-order valence-corrected chi connectivity index (χ1v) is 10.2. The van der Waals surface area contributed by atoms with Crippen LogP contribution < -0.4 is 5.32 Å². The highest BCUT2D eigenvalue weighted by Gasteiger charge is 2.19. The third kappa shape index (κ3) is 3.49. The lowest BCUT2D eigenvalue weighted by molar-refractivity contribution is 0.102. The number of nitrogens with zero attached hydrogens (tertiary/aromatic N) is 1. The van der Waals surface area contributed by atoms with Crippen LogP contribution in [-0.2, 0) is 9.84 Å². The number of anilines is 1. The van der Waals surface area contributed by atoms with Crippen LogP contribution in [0.15, 0.2) is 52.1 Å². The molecular formula is C15H12N2O3S3. The van der Waals surface area contributed by atoms with E-state index in [0.29, 0.717) is 5.13 Å². The smallest absolute Gasteiger partial charge is 0.258 e. The summed E-state index contributed by atoms with van der Waals surface area (Å²) in [5.41, 5.74) is 0.902. The van der Waals surface area contributed by atoms with Gasteiger partial charge in [-0.1, -0.05) is 18.2 Å². The lowest BCUT2D eigenvalue weighted by Crippen LogP contribution is -2.15. The van der Waals surface area contributed by atoms with Crippen LogP contribution in [0.3, 0.4) is 0 Å². The molecule has 23 heavy (non-hydrogen) atoms. The van der Waals surface area contributed by atoms with E-state index >= 15 is 0 Å². The summed E-state index contributed by atoms with van der Waals surface area (Å²) in [6.45, 7) is 0. The number of sulfone groups is 1. The summed E-state index contributed by atoms with van der Waals surface area (Å²) in [5.74, 6) is -0.488. The van der Waals surface area contributed by atoms with Gasteiger partial charge in [-0.2, -0.15) is 0 Å². The second kappa shape index (κ2) is 6.23. The lowest BCUT2D eigenvalue weighted by atomic mass is 10.2. The quantitative estimate of drug-likeness (QED) is 0.768. The van der Waals surface area contributed by atoms with Crippen LogP contribution in [0.5, 0.6) is 0 Å². The van der Waals surface area contributed by atoms with Gasteiger partial charge in [-0.3, -0.25) is 10.1 Å². The van der Waals surface area contributed by atoms with Crippen molar-refractivity contribution in [3.8, 4) is 10.6 Å². The molecule has 0 radical (unpaired) electrons. The SMILES string of the molecule is CS(=O)(=O)c1ccccc1C(=O)Nc1nc(-c2cccs2)cs1. The number of amides is 1. The Bertz CT molecular complexity index is 944. The molecule has 0 aliphatic carbocycles. The maximum Gasteiger partial charge on any atom is 0.258 e. The number of hydrogen-bond donors (Lipinski definition) is 1. The normalized spacial score (nSPS) is 11.3. The summed E-state index contributed by atoms with van der Waals surface area (Å²) in [6, 6.07) is 10.0. The molecule has 0 atom stereocenters. The van der Waals surface area contributed by atoms with Gasteiger partial charge in [0.2, 0.25) is 0 Å². The van der Waals surface area contributed by atoms with Crippen LogP contribution in [0.25, 0.3) is 10.6 Å². The van der Waals surface area contributed by atoms with Crippen molar-refractivity contribution in [2.45, 2.75) is 4.90 Å². The zero-order valence-electron chi connectivity index (χ0n) is 12.0. The number of thiophene rings is 1. The van der Waals surface area contributed by atoms with Gasteiger partial charge in [0.1, 0.15) is 0 Å². The molecule has 0 unspecified atom stereocenters. The molecule has 3 aromatic rings. The minimum atomic E-state index is -3.48. The summed E-state index contributed by atoms with van der Waals surface area (Å²) in [6.07, 6.45) is 1.08. The van der Waals surface area contributed by atoms with Crippen LogP contribution in [0.4, 0.5) is 5.13 Å². The van der Waals surface area contributed by atoms with Gasteiger partial charge in [-0.05, 0) is 23.6 Å². The third-order valence-corrected chi connectivity index (χ3v) is 5.83. The molecule has 0 aliphatic heterocycles. The summed E-state index contributed by atoms with van der Waals surface area (Å²) < 4.78 is 23.6. The second-order valence-electron chi connectivity index (χ2n) is 4.74. The van der Waals surface area contributed by atoms with Crippen molar-refractivity contribution < 1.29 is 13.2 Å². The van der Waals surface area contributed by atoms with Crippen molar-refractivity contribution >= 4 is 43.5 Å². The van der Waals surface area contributed by atoms with Gasteiger partial charge in [0.25, 0.3) is 5.91 Å². The number of aromatic nitrogens is 1. The average Bonchev–Trinajstić information content (AvgIpc) is 3.17. The van der Waals surface area contributed by atoms with Crippen molar-refractivity contribution in [2.75, 3.05) is 11.6 Å². The largest absolute Gasteiger partial charge is 0.298 e. The van der Waals surface area contributed by atoms with Gasteiger partial charge in [0.15, 0.2) is 15.0 Å². The Labute approximate surface area is 141 Å². The molecule has 2 aromatic heterocycles. The zero-order valence-corrected chi connectivity index (χ0v) is 14.5. The molecule has 8 heteroatoms. The van der Waals surface area contributed by atoms with Gasteiger partial charge >= 0.3 is 0 Å². The summed E-state index contributed by atoms with van der Waals surface area (Å²) in [5, 5.41) is 6.90. The highest BCUT2D eigenvalue weighted by atomic mass is 32.2. The van der Waals surface area contributed by atoms with Crippen LogP contribution in [0.1, 0.15) is 10.4 Å². The molecule has 0 aliphatic rings. The van der Waals surface area contributed by atoms with E-state index in [1.807, 2.05) is 22.9 Å². The number of rotatable bonds is 4. The van der Waals surface area contributed by atoms with Crippen molar-refractivity contribution in [3.05, 3.63) is 52.7 Å². The minimum Gasteiger partial charge on any atom is -0.298 e. The van der Waals surface area contributed by atoms with Gasteiger partial charge in [0.05, 0.1) is 21.0 Å². The highest BCUT2D eigenvalue weighted by molar-refractivity contribution is 7.90. The Kier molecular flexibility index (Phi) is 4.29. The Morgan fingerprint density at radius 2 is 1.91 bits per heavy atom. The maximum atomic E-state index is 12.4. The van der Waals surface area contributed by atoms with Gasteiger partial charge in [0, 0.05) is 11.6 Å². The standard InChI is InChI=1S/C15H12N2O3S3/c1-23(19,20)13-7-3-2-5-10(13)14(18)17-15-16-11(9-22-15)12-6-4-8-21-12/h2-9H,1H3,(H,16,17,18). The van der Waals surface area contributed by atoms with Crippen LogP contribution in [0.2, 0.25) is 0 Å². The summed E-state index contributed by atoms with van der Waals surface area (Å²) in [7, 11) is -3.48. The lowest BCUT2D eigenvalue weighted by Gasteiger charge is -2.06. The fourth-order valence-corrected chi connectivity index (χ4v) is 4.36. The van der Waals surface area contributed by atoms with Crippen molar-refractivity contribution in [3.63, 3.8) is 0 Å². The van der Waals surface area contributed by atoms with Gasteiger partial charge < -0.3 is 0 Å². The number of nitrogens with one attached hydrogen (secondary N) is 1. The van der Waals surface area contributed by atoms with Crippen LogP contribution in [0, 0.1) is 0 Å². The molecule has 0 saturated heterocycles. The van der Waals surface area contributed by atoms with E-state index in [1.165, 1.54) is 23.5 Å². The zero-order chi connectivity index (χ0) is 16.4. The number of carbonyl (C=O) groups excluding carboxylic acids is 1. The predicted octanol–water partition coefficient (Wildman–Crippen LogP) is 3.53. The first-order valence-electron chi connectivity index (χ1n) is 6.55. The van der Waals surface area contributed by atoms with Crippen molar-refractivity contribution in [1.29, 1.82) is 0 Å². The summed E-state index contributed by atoms with van der Waals surface area (Å²) in [4.78, 5) is 17.7. The molecule has 0 spiro atoms. The number of benzene rings is 1. The Morgan fingerprint density at radius 3 is 2.61 bits per heavy atom. The van der Waals surface area contributed by atoms with Crippen molar-refractivity contribution in [1.82, 2.24) is 4.98 Å². The fourth-order valence-electron chi connectivity index (χ4n) is 2.01. The van der Waals surface area contributed by atoms with Gasteiger partial charge in [-0.25, -0.2) is 13.4 Å². The monoisotopic (exact) mass is 364 g/mol. The Hall–Kier alpha value is -2.03. The predicted molar refractivity (Wildman–Crippen MR) is 92.9 cm³/mol. The molecule has 5 nitrogen and oxygen atoms in total. The van der Waals surface area contributed by atoms with E-state index in [0.717, 1.165) is 16.8 Å². The van der Waals surface area contributed by atoms with E-state index in [9.17, 15) is 13.2 Å². The topological polar surface area (TPSA) is 76.1 Å². The maximum absolute atomic E-state index is 12.4. The molecule has 2 heterocycles. The molecular weight excluding hydrogens is 352 g/mol. The molecule has 1 amide bonds. The van der Waals surface area contributed by atoms with Crippen molar-refractivity contribution in [2.24, 2.45) is 0 Å². The van der Waals surface area contributed by atoms with E-state index in [4.69, 9.17) is 0 Å². The Morgan fingerprint density at radius 1 is 1.13 bits per heavy atom.